The molecule has 94 valence electrons. The molecule has 0 amide bonds. The molecule has 0 aliphatic rings. The number of aromatic nitrogens is 2. The van der Waals surface area contributed by atoms with Crippen LogP contribution in [-0.4, -0.2) is 23.2 Å². The van der Waals surface area contributed by atoms with Crippen LogP contribution in [0.4, 0.5) is 0 Å². The lowest BCUT2D eigenvalue weighted by molar-refractivity contribution is 0.0599. The minimum absolute atomic E-state index is 0.341. The molecular formula is C12H13N3O3. The van der Waals surface area contributed by atoms with Crippen LogP contribution >= 0.6 is 0 Å². The van der Waals surface area contributed by atoms with Crippen molar-refractivity contribution in [2.24, 2.45) is 0 Å². The van der Waals surface area contributed by atoms with Gasteiger partial charge in [0.2, 0.25) is 6.39 Å². The monoisotopic (exact) mass is 247 g/mol. The van der Waals surface area contributed by atoms with E-state index in [9.17, 15) is 4.79 Å². The first-order valence-corrected chi connectivity index (χ1v) is 5.43. The van der Waals surface area contributed by atoms with Gasteiger partial charge in [-0.2, -0.15) is 4.98 Å². The number of hydrogen-bond acceptors (Lipinski definition) is 6. The fourth-order valence-electron chi connectivity index (χ4n) is 1.56. The van der Waals surface area contributed by atoms with Crippen LogP contribution in [0.15, 0.2) is 35.2 Å². The number of methoxy groups -OCH3 is 1. The summed E-state index contributed by atoms with van der Waals surface area (Å²) in [6.07, 6.45) is 1.28. The van der Waals surface area contributed by atoms with Gasteiger partial charge >= 0.3 is 5.97 Å². The second-order valence-corrected chi connectivity index (χ2v) is 3.60. The van der Waals surface area contributed by atoms with Crippen molar-refractivity contribution in [1.82, 2.24) is 15.5 Å². The predicted molar refractivity (Wildman–Crippen MR) is 62.6 cm³/mol. The summed E-state index contributed by atoms with van der Waals surface area (Å²) in [5, 5.41) is 6.81. The quantitative estimate of drug-likeness (QED) is 0.798. The molecule has 1 aromatic carbocycles. The Kier molecular flexibility index (Phi) is 4.03. The number of benzene rings is 1. The van der Waals surface area contributed by atoms with Gasteiger partial charge in [-0.25, -0.2) is 4.79 Å². The third-order valence-electron chi connectivity index (χ3n) is 2.43. The highest BCUT2D eigenvalue weighted by Crippen LogP contribution is 2.09. The van der Waals surface area contributed by atoms with Crippen LogP contribution < -0.4 is 5.32 Å². The van der Waals surface area contributed by atoms with Crippen LogP contribution in [0.3, 0.4) is 0 Å². The van der Waals surface area contributed by atoms with E-state index in [0.717, 1.165) is 5.56 Å². The number of carbonyl (C=O) groups is 1. The zero-order chi connectivity index (χ0) is 12.8. The number of ether oxygens (including phenoxy) is 1. The Hall–Kier alpha value is -2.21. The fourth-order valence-corrected chi connectivity index (χ4v) is 1.56. The fraction of sp³-hybridized carbons (Fsp3) is 0.250. The third-order valence-corrected chi connectivity index (χ3v) is 2.43. The predicted octanol–water partition coefficient (Wildman–Crippen LogP) is 1.15. The molecule has 2 aromatic rings. The standard InChI is InChI=1S/C12H13N3O3/c1-17-12(16)10-5-3-2-4-9(10)6-13-7-11-14-8-18-15-11/h2-5,8,13H,6-7H2,1H3. The highest BCUT2D eigenvalue weighted by atomic mass is 16.5. The molecule has 1 N–H and O–H groups in total. The molecule has 0 atom stereocenters. The van der Waals surface area contributed by atoms with Gasteiger partial charge in [-0.15, -0.1) is 0 Å². The topological polar surface area (TPSA) is 77.2 Å². The Morgan fingerprint density at radius 1 is 1.39 bits per heavy atom. The second-order valence-electron chi connectivity index (χ2n) is 3.60. The highest BCUT2D eigenvalue weighted by Gasteiger charge is 2.10. The molecule has 0 aliphatic heterocycles. The molecule has 0 spiro atoms. The van der Waals surface area contributed by atoms with E-state index in [1.807, 2.05) is 12.1 Å². The summed E-state index contributed by atoms with van der Waals surface area (Å²) in [6, 6.07) is 7.28. The largest absolute Gasteiger partial charge is 0.465 e. The second kappa shape index (κ2) is 5.92. The molecule has 0 radical (unpaired) electrons. The van der Waals surface area contributed by atoms with Crippen LogP contribution in [0.1, 0.15) is 21.7 Å². The van der Waals surface area contributed by atoms with Gasteiger partial charge < -0.3 is 14.6 Å². The van der Waals surface area contributed by atoms with Crippen molar-refractivity contribution in [3.8, 4) is 0 Å². The van der Waals surface area contributed by atoms with E-state index in [1.165, 1.54) is 13.5 Å². The van der Waals surface area contributed by atoms with Crippen LogP contribution in [-0.2, 0) is 17.8 Å². The average Bonchev–Trinajstić information content (AvgIpc) is 2.92. The van der Waals surface area contributed by atoms with Crippen molar-refractivity contribution in [1.29, 1.82) is 0 Å². The Labute approximate surface area is 104 Å². The molecule has 0 unspecified atom stereocenters. The molecule has 18 heavy (non-hydrogen) atoms. The zero-order valence-corrected chi connectivity index (χ0v) is 9.92. The van der Waals surface area contributed by atoms with Crippen molar-refractivity contribution in [2.75, 3.05) is 7.11 Å². The summed E-state index contributed by atoms with van der Waals surface area (Å²) in [5.74, 6) is 0.234. The minimum Gasteiger partial charge on any atom is -0.465 e. The normalized spacial score (nSPS) is 10.3. The average molecular weight is 247 g/mol. The number of rotatable bonds is 5. The van der Waals surface area contributed by atoms with Gasteiger partial charge in [-0.05, 0) is 11.6 Å². The Balaban J connectivity index is 1.98. The van der Waals surface area contributed by atoms with E-state index in [-0.39, 0.29) is 5.97 Å². The molecular weight excluding hydrogens is 234 g/mol. The van der Waals surface area contributed by atoms with Crippen molar-refractivity contribution in [3.63, 3.8) is 0 Å². The first-order chi connectivity index (χ1) is 8.81. The molecule has 1 aromatic heterocycles. The SMILES string of the molecule is COC(=O)c1ccccc1CNCc1ncon1. The maximum absolute atomic E-state index is 11.5. The third kappa shape index (κ3) is 2.92. The maximum Gasteiger partial charge on any atom is 0.338 e. The molecule has 1 heterocycles. The molecule has 6 nitrogen and oxygen atoms in total. The summed E-state index contributed by atoms with van der Waals surface area (Å²) in [6.45, 7) is 1.01. The van der Waals surface area contributed by atoms with Crippen molar-refractivity contribution in [3.05, 3.63) is 47.6 Å². The Bertz CT molecular complexity index is 511. The number of carbonyl (C=O) groups excluding carboxylic acids is 1. The summed E-state index contributed by atoms with van der Waals surface area (Å²) in [4.78, 5) is 15.4. The van der Waals surface area contributed by atoms with E-state index in [1.54, 1.807) is 12.1 Å². The number of esters is 1. The number of hydrogen-bond donors (Lipinski definition) is 1. The van der Waals surface area contributed by atoms with Gasteiger partial charge in [0, 0.05) is 6.54 Å². The molecule has 0 saturated carbocycles. The summed E-state index contributed by atoms with van der Waals surface area (Å²) >= 11 is 0. The van der Waals surface area contributed by atoms with E-state index in [0.29, 0.717) is 24.5 Å². The minimum atomic E-state index is -0.341. The van der Waals surface area contributed by atoms with Gasteiger partial charge in [0.1, 0.15) is 0 Å². The summed E-state index contributed by atoms with van der Waals surface area (Å²) < 4.78 is 9.34. The van der Waals surface area contributed by atoms with Gasteiger partial charge in [0.05, 0.1) is 19.2 Å². The van der Waals surface area contributed by atoms with Gasteiger partial charge in [-0.1, -0.05) is 23.4 Å². The lowest BCUT2D eigenvalue weighted by Crippen LogP contribution is -2.16. The summed E-state index contributed by atoms with van der Waals surface area (Å²) in [5.41, 5.74) is 1.42. The van der Waals surface area contributed by atoms with E-state index in [2.05, 4.69) is 20.0 Å². The smallest absolute Gasteiger partial charge is 0.338 e. The highest BCUT2D eigenvalue weighted by molar-refractivity contribution is 5.90. The van der Waals surface area contributed by atoms with Crippen LogP contribution in [0.2, 0.25) is 0 Å². The Morgan fingerprint density at radius 3 is 2.94 bits per heavy atom. The van der Waals surface area contributed by atoms with Crippen molar-refractivity contribution < 1.29 is 14.1 Å². The first kappa shape index (κ1) is 12.3. The van der Waals surface area contributed by atoms with Crippen LogP contribution in [0.25, 0.3) is 0 Å². The summed E-state index contributed by atoms with van der Waals surface area (Å²) in [7, 11) is 1.37. The Morgan fingerprint density at radius 2 is 2.22 bits per heavy atom. The van der Waals surface area contributed by atoms with Gasteiger partial charge in [0.15, 0.2) is 5.82 Å². The van der Waals surface area contributed by atoms with Crippen molar-refractivity contribution in [2.45, 2.75) is 13.1 Å². The molecule has 2 rings (SSSR count). The molecule has 0 saturated heterocycles. The van der Waals surface area contributed by atoms with Crippen molar-refractivity contribution >= 4 is 5.97 Å². The van der Waals surface area contributed by atoms with E-state index in [4.69, 9.17) is 4.74 Å². The molecule has 6 heteroatoms. The lowest BCUT2D eigenvalue weighted by Gasteiger charge is -2.07. The number of nitrogens with zero attached hydrogens (tertiary/aromatic N) is 2. The molecule has 0 fully saturated rings. The maximum atomic E-state index is 11.5. The lowest BCUT2D eigenvalue weighted by atomic mass is 10.1. The van der Waals surface area contributed by atoms with Crippen LogP contribution in [0, 0.1) is 0 Å². The molecule has 0 aliphatic carbocycles. The van der Waals surface area contributed by atoms with Gasteiger partial charge in [-0.3, -0.25) is 0 Å². The van der Waals surface area contributed by atoms with Gasteiger partial charge in [0.25, 0.3) is 0 Å². The van der Waals surface area contributed by atoms with E-state index >= 15 is 0 Å². The van der Waals surface area contributed by atoms with Crippen LogP contribution in [0.5, 0.6) is 0 Å². The zero-order valence-electron chi connectivity index (χ0n) is 9.92. The first-order valence-electron chi connectivity index (χ1n) is 5.43. The van der Waals surface area contributed by atoms with E-state index < -0.39 is 0 Å². The molecule has 0 bridgehead atoms. The number of nitrogens with one attached hydrogen (secondary N) is 1.